The van der Waals surface area contributed by atoms with Crippen molar-refractivity contribution in [1.82, 2.24) is 4.90 Å². The van der Waals surface area contributed by atoms with Crippen LogP contribution in [0, 0.1) is 0 Å². The van der Waals surface area contributed by atoms with E-state index in [0.717, 1.165) is 9.35 Å². The summed E-state index contributed by atoms with van der Waals surface area (Å²) in [6, 6.07) is 1.22. The van der Waals surface area contributed by atoms with Crippen LogP contribution in [0.1, 0.15) is 17.7 Å². The van der Waals surface area contributed by atoms with Crippen molar-refractivity contribution in [1.29, 1.82) is 0 Å². The average molecular weight is 362 g/mol. The number of hydrogen-bond acceptors (Lipinski definition) is 4. The number of carboxylic acids is 1. The van der Waals surface area contributed by atoms with E-state index >= 15 is 0 Å². The predicted molar refractivity (Wildman–Crippen MR) is 78.9 cm³/mol. The Bertz CT molecular complexity index is 504. The zero-order chi connectivity index (χ0) is 14.7. The number of nitrogens with zero attached hydrogens (tertiary/aromatic N) is 1. The van der Waals surface area contributed by atoms with Gasteiger partial charge in [0.05, 0.1) is 6.10 Å². The molecule has 1 saturated heterocycles. The number of ether oxygens (including phenoxy) is 1. The Labute approximate surface area is 129 Å². The van der Waals surface area contributed by atoms with Gasteiger partial charge in [-0.15, -0.1) is 11.3 Å². The van der Waals surface area contributed by atoms with E-state index in [0.29, 0.717) is 25.8 Å². The fourth-order valence-corrected chi connectivity index (χ4v) is 3.79. The van der Waals surface area contributed by atoms with Crippen LogP contribution in [0.25, 0.3) is 0 Å². The van der Waals surface area contributed by atoms with Crippen molar-refractivity contribution >= 4 is 39.1 Å². The van der Waals surface area contributed by atoms with Gasteiger partial charge in [0, 0.05) is 41.2 Å². The summed E-state index contributed by atoms with van der Waals surface area (Å²) < 4.78 is 6.19. The summed E-state index contributed by atoms with van der Waals surface area (Å²) in [5.74, 6) is -1.08. The van der Waals surface area contributed by atoms with E-state index in [1.165, 1.54) is 4.90 Å². The van der Waals surface area contributed by atoms with Gasteiger partial charge in [-0.1, -0.05) is 0 Å². The van der Waals surface area contributed by atoms with Gasteiger partial charge in [0.25, 0.3) is 0 Å². The summed E-state index contributed by atoms with van der Waals surface area (Å²) >= 11 is 4.96. The molecule has 5 nitrogen and oxygen atoms in total. The molecule has 0 radical (unpaired) electrons. The Morgan fingerprint density at radius 3 is 2.90 bits per heavy atom. The summed E-state index contributed by atoms with van der Waals surface area (Å²) in [6.45, 7) is 0.362. The zero-order valence-corrected chi connectivity index (χ0v) is 13.4. The molecule has 1 amide bonds. The van der Waals surface area contributed by atoms with E-state index in [1.54, 1.807) is 18.4 Å². The molecule has 2 unspecified atom stereocenters. The third-order valence-corrected chi connectivity index (χ3v) is 5.17. The summed E-state index contributed by atoms with van der Waals surface area (Å²) in [6.07, 6.45) is 1.14. The van der Waals surface area contributed by atoms with Crippen molar-refractivity contribution in [2.45, 2.75) is 31.4 Å². The first kappa shape index (κ1) is 15.5. The average Bonchev–Trinajstić information content (AvgIpc) is 3.02. The normalized spacial score (nSPS) is 22.2. The second kappa shape index (κ2) is 6.69. The Morgan fingerprint density at radius 2 is 2.35 bits per heavy atom. The van der Waals surface area contributed by atoms with Gasteiger partial charge in [-0.3, -0.25) is 4.79 Å². The quantitative estimate of drug-likeness (QED) is 0.872. The lowest BCUT2D eigenvalue weighted by atomic mass is 10.2. The van der Waals surface area contributed by atoms with E-state index in [2.05, 4.69) is 15.9 Å². The number of carboxylic acid groups (broad SMARTS) is 1. The standard InChI is InChI=1S/C13H16BrNO4S/c1-19-9-5-11(13(17)18)15(6-9)12(16)3-2-10-4-8(14)7-20-10/h4,7,9,11H,2-3,5-6H2,1H3,(H,17,18). The number of aryl methyl sites for hydroxylation is 1. The number of carbonyl (C=O) groups excluding carboxylic acids is 1. The third-order valence-electron chi connectivity index (χ3n) is 3.41. The maximum absolute atomic E-state index is 12.2. The van der Waals surface area contributed by atoms with Gasteiger partial charge in [-0.05, 0) is 28.4 Å². The van der Waals surface area contributed by atoms with Crippen molar-refractivity contribution in [2.24, 2.45) is 0 Å². The highest BCUT2D eigenvalue weighted by Crippen LogP contribution is 2.24. The highest BCUT2D eigenvalue weighted by atomic mass is 79.9. The summed E-state index contributed by atoms with van der Waals surface area (Å²) in [5, 5.41) is 11.1. The molecule has 1 N–H and O–H groups in total. The van der Waals surface area contributed by atoms with E-state index < -0.39 is 12.0 Å². The van der Waals surface area contributed by atoms with Crippen LogP contribution in [0.3, 0.4) is 0 Å². The first-order valence-electron chi connectivity index (χ1n) is 6.29. The molecule has 0 saturated carbocycles. The molecule has 20 heavy (non-hydrogen) atoms. The van der Waals surface area contributed by atoms with Gasteiger partial charge < -0.3 is 14.7 Å². The van der Waals surface area contributed by atoms with Gasteiger partial charge >= 0.3 is 5.97 Å². The van der Waals surface area contributed by atoms with Crippen LogP contribution in [0.2, 0.25) is 0 Å². The highest BCUT2D eigenvalue weighted by molar-refractivity contribution is 9.10. The van der Waals surface area contributed by atoms with E-state index in [4.69, 9.17) is 4.74 Å². The highest BCUT2D eigenvalue weighted by Gasteiger charge is 2.39. The van der Waals surface area contributed by atoms with Crippen LogP contribution >= 0.6 is 27.3 Å². The zero-order valence-electron chi connectivity index (χ0n) is 11.0. The fourth-order valence-electron chi connectivity index (χ4n) is 2.34. The third kappa shape index (κ3) is 3.59. The monoisotopic (exact) mass is 361 g/mol. The molecule has 1 aliphatic rings. The van der Waals surface area contributed by atoms with Crippen molar-refractivity contribution in [3.63, 3.8) is 0 Å². The van der Waals surface area contributed by atoms with Crippen LogP contribution in [-0.2, 0) is 20.7 Å². The van der Waals surface area contributed by atoms with Gasteiger partial charge in [0.1, 0.15) is 6.04 Å². The molecule has 2 atom stereocenters. The minimum Gasteiger partial charge on any atom is -0.480 e. The van der Waals surface area contributed by atoms with Gasteiger partial charge in [0.2, 0.25) is 5.91 Å². The molecule has 7 heteroatoms. The van der Waals surface area contributed by atoms with E-state index in [1.807, 2.05) is 11.4 Å². The number of hydrogen-bond donors (Lipinski definition) is 1. The van der Waals surface area contributed by atoms with Crippen LogP contribution in [0.4, 0.5) is 0 Å². The molecule has 0 bridgehead atoms. The van der Waals surface area contributed by atoms with Crippen LogP contribution in [0.5, 0.6) is 0 Å². The molecule has 1 aliphatic heterocycles. The van der Waals surface area contributed by atoms with Gasteiger partial charge in [-0.2, -0.15) is 0 Å². The number of rotatable bonds is 5. The fraction of sp³-hybridized carbons (Fsp3) is 0.538. The Hall–Kier alpha value is -0.920. The first-order valence-corrected chi connectivity index (χ1v) is 7.96. The van der Waals surface area contributed by atoms with E-state index in [-0.39, 0.29) is 12.0 Å². The van der Waals surface area contributed by atoms with Crippen LogP contribution < -0.4 is 0 Å². The SMILES string of the molecule is COC1CC(C(=O)O)N(C(=O)CCc2cc(Br)cs2)C1. The van der Waals surface area contributed by atoms with Gasteiger partial charge in [0.15, 0.2) is 0 Å². The number of aliphatic carboxylic acids is 1. The molecule has 2 heterocycles. The molecule has 1 aromatic heterocycles. The number of likely N-dealkylation sites (tertiary alicyclic amines) is 1. The van der Waals surface area contributed by atoms with Crippen molar-refractivity contribution < 1.29 is 19.4 Å². The first-order chi connectivity index (χ1) is 9.51. The Kier molecular flexibility index (Phi) is 5.17. The molecule has 0 aliphatic carbocycles. The minimum atomic E-state index is -0.961. The Morgan fingerprint density at radius 1 is 1.60 bits per heavy atom. The van der Waals surface area contributed by atoms with Crippen LogP contribution in [-0.4, -0.2) is 47.7 Å². The van der Waals surface area contributed by atoms with E-state index in [9.17, 15) is 14.7 Å². The lowest BCUT2D eigenvalue weighted by Crippen LogP contribution is -2.40. The number of amides is 1. The lowest BCUT2D eigenvalue weighted by molar-refractivity contribution is -0.148. The molecule has 1 aromatic rings. The topological polar surface area (TPSA) is 66.8 Å². The summed E-state index contributed by atoms with van der Waals surface area (Å²) in [7, 11) is 1.54. The second-order valence-electron chi connectivity index (χ2n) is 4.72. The van der Waals surface area contributed by atoms with Crippen LogP contribution in [0.15, 0.2) is 15.9 Å². The largest absolute Gasteiger partial charge is 0.480 e. The lowest BCUT2D eigenvalue weighted by Gasteiger charge is -2.21. The maximum atomic E-state index is 12.2. The molecule has 0 spiro atoms. The number of thiophene rings is 1. The number of halogens is 1. The van der Waals surface area contributed by atoms with Gasteiger partial charge in [-0.25, -0.2) is 4.79 Å². The molecule has 0 aromatic carbocycles. The summed E-state index contributed by atoms with van der Waals surface area (Å²) in [5.41, 5.74) is 0. The predicted octanol–water partition coefficient (Wildman–Crippen LogP) is 2.14. The van der Waals surface area contributed by atoms with Crippen molar-refractivity contribution in [3.05, 3.63) is 20.8 Å². The maximum Gasteiger partial charge on any atom is 0.326 e. The number of methoxy groups -OCH3 is 1. The van der Waals surface area contributed by atoms with Crippen molar-refractivity contribution in [2.75, 3.05) is 13.7 Å². The molecule has 1 fully saturated rings. The number of carbonyl (C=O) groups is 2. The molecule has 110 valence electrons. The van der Waals surface area contributed by atoms with Crippen molar-refractivity contribution in [3.8, 4) is 0 Å². The second-order valence-corrected chi connectivity index (χ2v) is 6.64. The molecular formula is C13H16BrNO4S. The Balaban J connectivity index is 1.95. The molecule has 2 rings (SSSR count). The summed E-state index contributed by atoms with van der Waals surface area (Å²) in [4.78, 5) is 25.9. The molecular weight excluding hydrogens is 346 g/mol. The smallest absolute Gasteiger partial charge is 0.326 e. The minimum absolute atomic E-state index is 0.124.